The van der Waals surface area contributed by atoms with Crippen LogP contribution in [0, 0.1) is 11.8 Å². The summed E-state index contributed by atoms with van der Waals surface area (Å²) in [4.78, 5) is 14.6. The molecule has 1 saturated carbocycles. The third-order valence-electron chi connectivity index (χ3n) is 3.77. The number of carboxylic acids is 1. The summed E-state index contributed by atoms with van der Waals surface area (Å²) in [5.41, 5.74) is 0.997. The van der Waals surface area contributed by atoms with Crippen LogP contribution in [0.5, 0.6) is 0 Å². The maximum Gasteiger partial charge on any atom is 0.354 e. The number of aromatic carboxylic acids is 1. The van der Waals surface area contributed by atoms with Gasteiger partial charge in [-0.2, -0.15) is 0 Å². The van der Waals surface area contributed by atoms with E-state index < -0.39 is 5.97 Å². The molecule has 0 saturated heterocycles. The standard InChI is InChI=1S/C14H20N2O2/c1-9-3-5-12(10(2)7-9)16-11-4-6-13(14(17)18)15-8-11/h4,6,8-10,12,16H,3,5,7H2,1-2H3,(H,17,18). The average molecular weight is 248 g/mol. The SMILES string of the molecule is CC1CCC(Nc2ccc(C(=O)O)nc2)C(C)C1. The lowest BCUT2D eigenvalue weighted by Crippen LogP contribution is -2.33. The predicted molar refractivity (Wildman–Crippen MR) is 70.8 cm³/mol. The Kier molecular flexibility index (Phi) is 3.84. The van der Waals surface area contributed by atoms with Gasteiger partial charge < -0.3 is 10.4 Å². The van der Waals surface area contributed by atoms with Gasteiger partial charge in [-0.05, 0) is 43.2 Å². The van der Waals surface area contributed by atoms with Gasteiger partial charge in [0.15, 0.2) is 0 Å². The smallest absolute Gasteiger partial charge is 0.354 e. The number of hydrogen-bond donors (Lipinski definition) is 2. The quantitative estimate of drug-likeness (QED) is 0.863. The van der Waals surface area contributed by atoms with E-state index in [0.717, 1.165) is 11.6 Å². The number of carboxylic acid groups (broad SMARTS) is 1. The Hall–Kier alpha value is -1.58. The van der Waals surface area contributed by atoms with Gasteiger partial charge in [0.1, 0.15) is 5.69 Å². The molecule has 3 unspecified atom stereocenters. The molecule has 18 heavy (non-hydrogen) atoms. The summed E-state index contributed by atoms with van der Waals surface area (Å²) in [6.07, 6.45) is 5.28. The Morgan fingerprint density at radius 2 is 2.17 bits per heavy atom. The Morgan fingerprint density at radius 1 is 1.39 bits per heavy atom. The Balaban J connectivity index is 1.99. The van der Waals surface area contributed by atoms with E-state index >= 15 is 0 Å². The van der Waals surface area contributed by atoms with E-state index in [0.29, 0.717) is 12.0 Å². The number of aromatic nitrogens is 1. The lowest BCUT2D eigenvalue weighted by Gasteiger charge is -2.33. The van der Waals surface area contributed by atoms with Gasteiger partial charge >= 0.3 is 5.97 Å². The fraction of sp³-hybridized carbons (Fsp3) is 0.571. The van der Waals surface area contributed by atoms with Crippen molar-refractivity contribution in [3.05, 3.63) is 24.0 Å². The number of carbonyl (C=O) groups is 1. The van der Waals surface area contributed by atoms with Crippen molar-refractivity contribution in [1.29, 1.82) is 0 Å². The van der Waals surface area contributed by atoms with E-state index in [9.17, 15) is 4.79 Å². The van der Waals surface area contributed by atoms with Crippen LogP contribution >= 0.6 is 0 Å². The van der Waals surface area contributed by atoms with Crippen LogP contribution in [0.2, 0.25) is 0 Å². The highest BCUT2D eigenvalue weighted by atomic mass is 16.4. The van der Waals surface area contributed by atoms with Crippen molar-refractivity contribution in [2.75, 3.05) is 5.32 Å². The predicted octanol–water partition coefficient (Wildman–Crippen LogP) is 3.02. The fourth-order valence-corrected chi connectivity index (χ4v) is 2.70. The summed E-state index contributed by atoms with van der Waals surface area (Å²) >= 11 is 0. The summed E-state index contributed by atoms with van der Waals surface area (Å²) in [5.74, 6) is 0.472. The second kappa shape index (κ2) is 5.38. The first-order valence-electron chi connectivity index (χ1n) is 6.52. The molecule has 0 aromatic carbocycles. The normalized spacial score (nSPS) is 27.8. The zero-order chi connectivity index (χ0) is 13.1. The molecule has 1 aromatic heterocycles. The van der Waals surface area contributed by atoms with Crippen LogP contribution in [0.1, 0.15) is 43.6 Å². The largest absolute Gasteiger partial charge is 0.477 e. The molecule has 1 fully saturated rings. The molecule has 0 bridgehead atoms. The first-order chi connectivity index (χ1) is 8.56. The first-order valence-corrected chi connectivity index (χ1v) is 6.52. The number of nitrogens with one attached hydrogen (secondary N) is 1. The van der Waals surface area contributed by atoms with Crippen LogP contribution in [0.15, 0.2) is 18.3 Å². The maximum absolute atomic E-state index is 10.7. The molecule has 2 rings (SSSR count). The van der Waals surface area contributed by atoms with Crippen molar-refractivity contribution < 1.29 is 9.90 Å². The fourth-order valence-electron chi connectivity index (χ4n) is 2.70. The van der Waals surface area contributed by atoms with Crippen LogP contribution < -0.4 is 5.32 Å². The molecule has 0 amide bonds. The maximum atomic E-state index is 10.7. The molecule has 1 aliphatic carbocycles. The second-order valence-electron chi connectivity index (χ2n) is 5.38. The van der Waals surface area contributed by atoms with Crippen LogP contribution in [-0.4, -0.2) is 22.1 Å². The van der Waals surface area contributed by atoms with E-state index in [1.54, 1.807) is 18.3 Å². The highest BCUT2D eigenvalue weighted by Crippen LogP contribution is 2.30. The lowest BCUT2D eigenvalue weighted by molar-refractivity contribution is 0.0690. The van der Waals surface area contributed by atoms with Gasteiger partial charge in [-0.1, -0.05) is 13.8 Å². The summed E-state index contributed by atoms with van der Waals surface area (Å²) in [5, 5.41) is 12.2. The van der Waals surface area contributed by atoms with E-state index in [-0.39, 0.29) is 5.69 Å². The van der Waals surface area contributed by atoms with Crippen LogP contribution in [0.4, 0.5) is 5.69 Å². The molecule has 0 aliphatic heterocycles. The van der Waals surface area contributed by atoms with Crippen LogP contribution in [-0.2, 0) is 0 Å². The Labute approximate surface area is 107 Å². The van der Waals surface area contributed by atoms with Gasteiger partial charge in [0.05, 0.1) is 11.9 Å². The minimum Gasteiger partial charge on any atom is -0.477 e. The minimum atomic E-state index is -0.985. The van der Waals surface area contributed by atoms with Crippen molar-refractivity contribution in [3.63, 3.8) is 0 Å². The van der Waals surface area contributed by atoms with Crippen molar-refractivity contribution in [1.82, 2.24) is 4.98 Å². The monoisotopic (exact) mass is 248 g/mol. The highest BCUT2D eigenvalue weighted by Gasteiger charge is 2.25. The second-order valence-corrected chi connectivity index (χ2v) is 5.38. The highest BCUT2D eigenvalue weighted by molar-refractivity contribution is 5.85. The number of hydrogen-bond acceptors (Lipinski definition) is 3. The number of pyridine rings is 1. The molecular formula is C14H20N2O2. The number of anilines is 1. The number of rotatable bonds is 3. The molecule has 1 aliphatic rings. The van der Waals surface area contributed by atoms with Crippen molar-refractivity contribution >= 4 is 11.7 Å². The molecule has 0 radical (unpaired) electrons. The van der Waals surface area contributed by atoms with Gasteiger partial charge in [0, 0.05) is 6.04 Å². The zero-order valence-corrected chi connectivity index (χ0v) is 10.9. The summed E-state index contributed by atoms with van der Waals surface area (Å²) < 4.78 is 0. The molecule has 3 atom stereocenters. The molecule has 1 heterocycles. The van der Waals surface area contributed by atoms with Crippen LogP contribution in [0.25, 0.3) is 0 Å². The average Bonchev–Trinajstić information content (AvgIpc) is 2.33. The topological polar surface area (TPSA) is 62.2 Å². The molecule has 0 spiro atoms. The van der Waals surface area contributed by atoms with Crippen molar-refractivity contribution in [2.24, 2.45) is 11.8 Å². The third kappa shape index (κ3) is 3.00. The zero-order valence-electron chi connectivity index (χ0n) is 10.9. The first kappa shape index (κ1) is 12.9. The van der Waals surface area contributed by atoms with Crippen LogP contribution in [0.3, 0.4) is 0 Å². The summed E-state index contributed by atoms with van der Waals surface area (Å²) in [7, 11) is 0. The Bertz CT molecular complexity index is 416. The van der Waals surface area contributed by atoms with Crippen molar-refractivity contribution in [2.45, 2.75) is 39.2 Å². The van der Waals surface area contributed by atoms with Gasteiger partial charge in [-0.25, -0.2) is 9.78 Å². The van der Waals surface area contributed by atoms with E-state index in [1.807, 2.05) is 0 Å². The van der Waals surface area contributed by atoms with Gasteiger partial charge in [-0.3, -0.25) is 0 Å². The van der Waals surface area contributed by atoms with E-state index in [2.05, 4.69) is 24.1 Å². The van der Waals surface area contributed by atoms with Gasteiger partial charge in [-0.15, -0.1) is 0 Å². The van der Waals surface area contributed by atoms with Gasteiger partial charge in [0.25, 0.3) is 0 Å². The molecule has 1 aromatic rings. The number of nitrogens with zero attached hydrogens (tertiary/aromatic N) is 1. The minimum absolute atomic E-state index is 0.0888. The summed E-state index contributed by atoms with van der Waals surface area (Å²) in [6, 6.07) is 3.81. The van der Waals surface area contributed by atoms with Gasteiger partial charge in [0.2, 0.25) is 0 Å². The Morgan fingerprint density at radius 3 is 2.72 bits per heavy atom. The lowest BCUT2D eigenvalue weighted by atomic mass is 9.80. The summed E-state index contributed by atoms with van der Waals surface area (Å²) in [6.45, 7) is 4.57. The van der Waals surface area contributed by atoms with E-state index in [1.165, 1.54) is 19.3 Å². The third-order valence-corrected chi connectivity index (χ3v) is 3.77. The molecule has 4 heteroatoms. The molecule has 98 valence electrons. The van der Waals surface area contributed by atoms with E-state index in [4.69, 9.17) is 5.11 Å². The molecule has 2 N–H and O–H groups in total. The van der Waals surface area contributed by atoms with Crippen molar-refractivity contribution in [3.8, 4) is 0 Å². The molecule has 4 nitrogen and oxygen atoms in total. The molecular weight excluding hydrogens is 228 g/mol.